The van der Waals surface area contributed by atoms with Crippen LogP contribution >= 0.6 is 0 Å². The van der Waals surface area contributed by atoms with E-state index in [0.717, 1.165) is 51.9 Å². The minimum absolute atomic E-state index is 0.233. The second-order valence-electron chi connectivity index (χ2n) is 6.61. The fourth-order valence-corrected chi connectivity index (χ4v) is 3.78. The van der Waals surface area contributed by atoms with E-state index in [-0.39, 0.29) is 5.92 Å². The van der Waals surface area contributed by atoms with E-state index in [4.69, 9.17) is 0 Å². The van der Waals surface area contributed by atoms with E-state index in [1.54, 1.807) is 0 Å². The molecule has 3 nitrogen and oxygen atoms in total. The number of benzene rings is 1. The monoisotopic (exact) mass is 286 g/mol. The largest absolute Gasteiger partial charge is 0.342 e. The molecule has 114 valence electrons. The number of rotatable bonds is 2. The van der Waals surface area contributed by atoms with Gasteiger partial charge in [0.05, 0.1) is 5.92 Å². The molecule has 0 radical (unpaired) electrons. The van der Waals surface area contributed by atoms with E-state index in [2.05, 4.69) is 47.2 Å². The van der Waals surface area contributed by atoms with Gasteiger partial charge in [-0.2, -0.15) is 0 Å². The van der Waals surface area contributed by atoms with Crippen molar-refractivity contribution in [2.45, 2.75) is 31.6 Å². The van der Waals surface area contributed by atoms with Gasteiger partial charge in [-0.3, -0.25) is 4.79 Å². The molecule has 3 heteroatoms. The molecule has 2 aliphatic heterocycles. The van der Waals surface area contributed by atoms with Crippen LogP contribution in [0.5, 0.6) is 0 Å². The van der Waals surface area contributed by atoms with Gasteiger partial charge in [0, 0.05) is 19.6 Å². The first-order valence-corrected chi connectivity index (χ1v) is 8.26. The summed E-state index contributed by atoms with van der Waals surface area (Å²) in [5, 5.41) is 0. The van der Waals surface area contributed by atoms with Crippen molar-refractivity contribution in [2.24, 2.45) is 5.92 Å². The highest BCUT2D eigenvalue weighted by Crippen LogP contribution is 2.29. The Morgan fingerprint density at radius 3 is 2.43 bits per heavy atom. The Kier molecular flexibility index (Phi) is 4.59. The predicted octanol–water partition coefficient (Wildman–Crippen LogP) is 2.73. The summed E-state index contributed by atoms with van der Waals surface area (Å²) in [4.78, 5) is 17.0. The quantitative estimate of drug-likeness (QED) is 0.834. The zero-order valence-corrected chi connectivity index (χ0v) is 13.0. The molecule has 21 heavy (non-hydrogen) atoms. The Hall–Kier alpha value is -1.35. The van der Waals surface area contributed by atoms with Crippen LogP contribution in [0.1, 0.15) is 37.2 Å². The Morgan fingerprint density at radius 1 is 1.05 bits per heavy atom. The second-order valence-corrected chi connectivity index (χ2v) is 6.61. The highest BCUT2D eigenvalue weighted by molar-refractivity contribution is 5.79. The van der Waals surface area contributed by atoms with Crippen molar-refractivity contribution in [1.82, 2.24) is 9.80 Å². The zero-order chi connectivity index (χ0) is 14.7. The van der Waals surface area contributed by atoms with Crippen LogP contribution in [0.4, 0.5) is 0 Å². The average molecular weight is 286 g/mol. The number of amides is 1. The summed E-state index contributed by atoms with van der Waals surface area (Å²) >= 11 is 0. The number of hydrogen-bond acceptors (Lipinski definition) is 2. The number of nitrogens with zero attached hydrogens (tertiary/aromatic N) is 2. The second kappa shape index (κ2) is 6.61. The highest BCUT2D eigenvalue weighted by atomic mass is 16.2. The lowest BCUT2D eigenvalue weighted by Gasteiger charge is -2.37. The summed E-state index contributed by atoms with van der Waals surface area (Å²) in [5.41, 5.74) is 1.43. The zero-order valence-electron chi connectivity index (χ0n) is 13.0. The third kappa shape index (κ3) is 3.46. The number of carbonyl (C=O) groups excluding carboxylic acids is 1. The van der Waals surface area contributed by atoms with Crippen LogP contribution in [0.2, 0.25) is 0 Å². The smallest absolute Gasteiger partial charge is 0.226 e. The average Bonchev–Trinajstić information content (AvgIpc) is 2.55. The molecule has 1 unspecified atom stereocenters. The van der Waals surface area contributed by atoms with Gasteiger partial charge in [-0.1, -0.05) is 30.3 Å². The molecule has 0 N–H and O–H groups in total. The molecule has 2 aliphatic rings. The SMILES string of the molecule is CN1CCCC(C(=O)N2CCC(c3ccccc3)CC2)C1. The van der Waals surface area contributed by atoms with Gasteiger partial charge in [0.15, 0.2) is 0 Å². The maximum absolute atomic E-state index is 12.6. The number of carbonyl (C=O) groups is 1. The van der Waals surface area contributed by atoms with Crippen LogP contribution in [0.3, 0.4) is 0 Å². The Bertz CT molecular complexity index is 465. The molecule has 1 atom stereocenters. The molecule has 0 bridgehead atoms. The van der Waals surface area contributed by atoms with E-state index in [1.807, 2.05) is 0 Å². The third-order valence-corrected chi connectivity index (χ3v) is 5.05. The lowest BCUT2D eigenvalue weighted by molar-refractivity contribution is -0.138. The molecule has 1 amide bonds. The fourth-order valence-electron chi connectivity index (χ4n) is 3.78. The molecule has 0 saturated carbocycles. The topological polar surface area (TPSA) is 23.6 Å². The molecule has 0 spiro atoms. The van der Waals surface area contributed by atoms with Gasteiger partial charge in [0.1, 0.15) is 0 Å². The fraction of sp³-hybridized carbons (Fsp3) is 0.611. The predicted molar refractivity (Wildman–Crippen MR) is 85.2 cm³/mol. The van der Waals surface area contributed by atoms with Crippen molar-refractivity contribution in [3.05, 3.63) is 35.9 Å². The van der Waals surface area contributed by atoms with Crippen molar-refractivity contribution in [3.63, 3.8) is 0 Å². The molecular weight excluding hydrogens is 260 g/mol. The third-order valence-electron chi connectivity index (χ3n) is 5.05. The van der Waals surface area contributed by atoms with Gasteiger partial charge in [-0.25, -0.2) is 0 Å². The molecule has 0 aliphatic carbocycles. The molecule has 1 aromatic rings. The molecule has 3 rings (SSSR count). The summed E-state index contributed by atoms with van der Waals surface area (Å²) in [6.07, 6.45) is 4.45. The normalized spacial score (nSPS) is 25.0. The van der Waals surface area contributed by atoms with Gasteiger partial charge < -0.3 is 9.80 Å². The number of piperidine rings is 2. The van der Waals surface area contributed by atoms with E-state index in [1.165, 1.54) is 5.56 Å². The summed E-state index contributed by atoms with van der Waals surface area (Å²) < 4.78 is 0. The molecular formula is C18H26N2O. The molecule has 2 saturated heterocycles. The summed E-state index contributed by atoms with van der Waals surface area (Å²) in [7, 11) is 2.13. The summed E-state index contributed by atoms with van der Waals surface area (Å²) in [6, 6.07) is 10.7. The Balaban J connectivity index is 1.54. The van der Waals surface area contributed by atoms with E-state index < -0.39 is 0 Å². The first kappa shape index (κ1) is 14.6. The highest BCUT2D eigenvalue weighted by Gasteiger charge is 2.30. The van der Waals surface area contributed by atoms with Crippen molar-refractivity contribution >= 4 is 5.91 Å². The summed E-state index contributed by atoms with van der Waals surface area (Å²) in [6.45, 7) is 3.94. The van der Waals surface area contributed by atoms with Crippen LogP contribution < -0.4 is 0 Å². The minimum Gasteiger partial charge on any atom is -0.342 e. The van der Waals surface area contributed by atoms with Crippen LogP contribution in [0.25, 0.3) is 0 Å². The summed E-state index contributed by atoms with van der Waals surface area (Å²) in [5.74, 6) is 1.26. The van der Waals surface area contributed by atoms with E-state index in [0.29, 0.717) is 11.8 Å². The van der Waals surface area contributed by atoms with Gasteiger partial charge >= 0.3 is 0 Å². The Morgan fingerprint density at radius 2 is 1.76 bits per heavy atom. The van der Waals surface area contributed by atoms with Gasteiger partial charge in [-0.15, -0.1) is 0 Å². The minimum atomic E-state index is 0.233. The lowest BCUT2D eigenvalue weighted by atomic mass is 9.88. The van der Waals surface area contributed by atoms with Crippen LogP contribution in [0.15, 0.2) is 30.3 Å². The maximum atomic E-state index is 12.6. The molecule has 2 heterocycles. The van der Waals surface area contributed by atoms with Gasteiger partial charge in [0.25, 0.3) is 0 Å². The molecule has 2 fully saturated rings. The van der Waals surface area contributed by atoms with Crippen LogP contribution in [-0.2, 0) is 4.79 Å². The van der Waals surface area contributed by atoms with Crippen LogP contribution in [0, 0.1) is 5.92 Å². The van der Waals surface area contributed by atoms with Crippen molar-refractivity contribution in [1.29, 1.82) is 0 Å². The number of likely N-dealkylation sites (tertiary alicyclic amines) is 2. The van der Waals surface area contributed by atoms with Gasteiger partial charge in [0.2, 0.25) is 5.91 Å². The number of hydrogen-bond donors (Lipinski definition) is 0. The van der Waals surface area contributed by atoms with Crippen molar-refractivity contribution < 1.29 is 4.79 Å². The first-order valence-electron chi connectivity index (χ1n) is 8.26. The molecule has 0 aromatic heterocycles. The van der Waals surface area contributed by atoms with E-state index in [9.17, 15) is 4.79 Å². The van der Waals surface area contributed by atoms with Crippen molar-refractivity contribution in [3.8, 4) is 0 Å². The van der Waals surface area contributed by atoms with Crippen molar-refractivity contribution in [2.75, 3.05) is 33.2 Å². The van der Waals surface area contributed by atoms with Crippen LogP contribution in [-0.4, -0.2) is 48.9 Å². The first-order chi connectivity index (χ1) is 10.2. The van der Waals surface area contributed by atoms with E-state index >= 15 is 0 Å². The molecule has 1 aromatic carbocycles. The maximum Gasteiger partial charge on any atom is 0.226 e. The standard InChI is InChI=1S/C18H26N2O/c1-19-11-5-8-17(14-19)18(21)20-12-9-16(10-13-20)15-6-3-2-4-7-15/h2-4,6-7,16-17H,5,8-14H2,1H3. The van der Waals surface area contributed by atoms with Gasteiger partial charge in [-0.05, 0) is 50.8 Å². The lowest BCUT2D eigenvalue weighted by Crippen LogP contribution is -2.46. The Labute approximate surface area is 127 Å².